The van der Waals surface area contributed by atoms with Crippen LogP contribution < -0.4 is 11.3 Å². The molecule has 0 unspecified atom stereocenters. The van der Waals surface area contributed by atoms with Crippen LogP contribution in [0.1, 0.15) is 42.7 Å². The summed E-state index contributed by atoms with van der Waals surface area (Å²) in [6.45, 7) is 7.33. The lowest BCUT2D eigenvalue weighted by atomic mass is 10.0. The van der Waals surface area contributed by atoms with Crippen molar-refractivity contribution in [1.29, 1.82) is 0 Å². The minimum Gasteiger partial charge on any atom is -0.330 e. The van der Waals surface area contributed by atoms with Crippen molar-refractivity contribution in [1.82, 2.24) is 19.1 Å². The summed E-state index contributed by atoms with van der Waals surface area (Å²) in [5, 5.41) is 0.612. The average Bonchev–Trinajstić information content (AvgIpc) is 3.18. The summed E-state index contributed by atoms with van der Waals surface area (Å²) < 4.78 is 5.04. The first-order chi connectivity index (χ1) is 17.4. The topological polar surface area (TPSA) is 78.7 Å². The Morgan fingerprint density at radius 3 is 2.47 bits per heavy atom. The average molecular weight is 544 g/mol. The van der Waals surface area contributed by atoms with Crippen molar-refractivity contribution in [2.24, 2.45) is 11.7 Å². The van der Waals surface area contributed by atoms with Gasteiger partial charge in [-0.25, -0.2) is 9.97 Å². The first-order valence-corrected chi connectivity index (χ1v) is 13.1. The van der Waals surface area contributed by atoms with Gasteiger partial charge in [0.05, 0.1) is 28.0 Å². The summed E-state index contributed by atoms with van der Waals surface area (Å²) in [6, 6.07) is 22.0. The summed E-state index contributed by atoms with van der Waals surface area (Å²) in [6.07, 6.45) is 0.507. The number of rotatable bonds is 7. The number of hydrogen-bond donors (Lipinski definition) is 1. The van der Waals surface area contributed by atoms with E-state index in [4.69, 9.17) is 15.7 Å². The van der Waals surface area contributed by atoms with E-state index in [0.717, 1.165) is 26.9 Å². The van der Waals surface area contributed by atoms with Crippen LogP contribution in [0.25, 0.3) is 21.9 Å². The van der Waals surface area contributed by atoms with Gasteiger partial charge in [-0.15, -0.1) is 0 Å². The third kappa shape index (κ3) is 4.49. The highest BCUT2D eigenvalue weighted by atomic mass is 79.9. The standard InChI is InChI=1S/C29H30BrN5O/c1-18(2)27(35-26(13-14-31)32-23-15-19(3)9-11-22(23)29(35)36)28-33-24-16-21(30)10-12-25(24)34(28)17-20-7-5-4-6-8-20/h4-12,15-16,18,27H,13-14,17,31H2,1-3H3/t27-/m1/s1. The van der Waals surface area contributed by atoms with Crippen molar-refractivity contribution in [3.63, 3.8) is 0 Å². The number of nitrogens with zero attached hydrogens (tertiary/aromatic N) is 4. The molecule has 3 aromatic carbocycles. The lowest BCUT2D eigenvalue weighted by Gasteiger charge is -2.27. The van der Waals surface area contributed by atoms with E-state index in [-0.39, 0.29) is 17.5 Å². The summed E-state index contributed by atoms with van der Waals surface area (Å²) in [5.74, 6) is 1.62. The van der Waals surface area contributed by atoms with Crippen LogP contribution in [0.4, 0.5) is 0 Å². The van der Waals surface area contributed by atoms with Gasteiger partial charge in [0.1, 0.15) is 11.6 Å². The lowest BCUT2D eigenvalue weighted by Crippen LogP contribution is -2.35. The van der Waals surface area contributed by atoms with E-state index in [1.807, 2.05) is 60.0 Å². The second-order valence-corrected chi connectivity index (χ2v) is 10.5. The van der Waals surface area contributed by atoms with Gasteiger partial charge in [0.15, 0.2) is 0 Å². The minimum atomic E-state index is -0.313. The fourth-order valence-corrected chi connectivity index (χ4v) is 5.29. The first-order valence-electron chi connectivity index (χ1n) is 12.3. The zero-order chi connectivity index (χ0) is 25.4. The number of nitrogens with two attached hydrogens (primary N) is 1. The number of halogens is 1. The van der Waals surface area contributed by atoms with E-state index in [1.165, 1.54) is 5.56 Å². The molecule has 1 atom stereocenters. The van der Waals surface area contributed by atoms with Crippen molar-refractivity contribution in [3.05, 3.63) is 104 Å². The maximum Gasteiger partial charge on any atom is 0.262 e. The molecule has 0 aliphatic heterocycles. The molecule has 0 saturated carbocycles. The second kappa shape index (κ2) is 9.99. The Balaban J connectivity index is 1.80. The van der Waals surface area contributed by atoms with E-state index in [1.54, 1.807) is 0 Å². The molecule has 5 rings (SSSR count). The molecule has 2 N–H and O–H groups in total. The number of aromatic nitrogens is 4. The molecule has 0 bridgehead atoms. The molecule has 184 valence electrons. The Morgan fingerprint density at radius 2 is 1.75 bits per heavy atom. The number of benzene rings is 3. The van der Waals surface area contributed by atoms with Crippen molar-refractivity contribution >= 4 is 37.9 Å². The highest BCUT2D eigenvalue weighted by Crippen LogP contribution is 2.31. The van der Waals surface area contributed by atoms with Crippen molar-refractivity contribution in [2.75, 3.05) is 6.54 Å². The number of fused-ring (bicyclic) bond motifs is 2. The zero-order valence-corrected chi connectivity index (χ0v) is 22.4. The van der Waals surface area contributed by atoms with Gasteiger partial charge in [-0.1, -0.05) is 66.2 Å². The van der Waals surface area contributed by atoms with E-state index in [2.05, 4.69) is 52.5 Å². The monoisotopic (exact) mass is 543 g/mol. The summed E-state index contributed by atoms with van der Waals surface area (Å²) >= 11 is 3.59. The maximum absolute atomic E-state index is 14.0. The van der Waals surface area contributed by atoms with Gasteiger partial charge in [-0.2, -0.15) is 0 Å². The molecule has 2 heterocycles. The van der Waals surface area contributed by atoms with Crippen LogP contribution in [0, 0.1) is 12.8 Å². The normalized spacial score (nSPS) is 12.6. The second-order valence-electron chi connectivity index (χ2n) is 9.63. The third-order valence-corrected chi connectivity index (χ3v) is 7.09. The van der Waals surface area contributed by atoms with Gasteiger partial charge in [0.25, 0.3) is 5.56 Å². The van der Waals surface area contributed by atoms with Crippen LogP contribution in [-0.4, -0.2) is 25.6 Å². The predicted molar refractivity (Wildman–Crippen MR) is 149 cm³/mol. The van der Waals surface area contributed by atoms with Crippen molar-refractivity contribution in [2.45, 2.75) is 39.8 Å². The molecule has 0 amide bonds. The van der Waals surface area contributed by atoms with Gasteiger partial charge in [-0.05, 0) is 60.8 Å². The highest BCUT2D eigenvalue weighted by Gasteiger charge is 2.29. The SMILES string of the molecule is Cc1ccc2c(=O)n([C@@H](c3nc4cc(Br)ccc4n3Cc3ccccc3)C(C)C)c(CCN)nc2c1. The van der Waals surface area contributed by atoms with Gasteiger partial charge in [0, 0.05) is 17.4 Å². The Labute approximate surface area is 218 Å². The highest BCUT2D eigenvalue weighted by molar-refractivity contribution is 9.10. The Bertz CT molecular complexity index is 1600. The molecule has 6 nitrogen and oxygen atoms in total. The van der Waals surface area contributed by atoms with Crippen LogP contribution >= 0.6 is 15.9 Å². The number of imidazole rings is 1. The van der Waals surface area contributed by atoms with E-state index in [0.29, 0.717) is 36.2 Å². The Morgan fingerprint density at radius 1 is 0.972 bits per heavy atom. The van der Waals surface area contributed by atoms with Gasteiger partial charge < -0.3 is 10.3 Å². The van der Waals surface area contributed by atoms with Crippen molar-refractivity contribution in [3.8, 4) is 0 Å². The molecule has 7 heteroatoms. The predicted octanol–water partition coefficient (Wildman–Crippen LogP) is 5.61. The Hall–Kier alpha value is -3.29. The van der Waals surface area contributed by atoms with Crippen LogP contribution in [0.15, 0.2) is 76.0 Å². The number of aryl methyl sites for hydroxylation is 1. The van der Waals surface area contributed by atoms with Gasteiger partial charge in [-0.3, -0.25) is 9.36 Å². The molecule has 0 fully saturated rings. The summed E-state index contributed by atoms with van der Waals surface area (Å²) in [5.41, 5.74) is 10.8. The fourth-order valence-electron chi connectivity index (χ4n) is 4.94. The molecular formula is C29H30BrN5O. The van der Waals surface area contributed by atoms with Crippen molar-refractivity contribution < 1.29 is 0 Å². The molecule has 5 aromatic rings. The fraction of sp³-hybridized carbons (Fsp3) is 0.276. The quantitative estimate of drug-likeness (QED) is 0.289. The number of hydrogen-bond acceptors (Lipinski definition) is 4. The zero-order valence-electron chi connectivity index (χ0n) is 20.8. The molecule has 2 aromatic heterocycles. The van der Waals surface area contributed by atoms with Crippen LogP contribution in [-0.2, 0) is 13.0 Å². The molecule has 0 aliphatic carbocycles. The summed E-state index contributed by atoms with van der Waals surface area (Å²) in [7, 11) is 0. The lowest BCUT2D eigenvalue weighted by molar-refractivity contribution is 0.384. The molecule has 0 saturated heterocycles. The third-order valence-electron chi connectivity index (χ3n) is 6.60. The molecular weight excluding hydrogens is 514 g/mol. The van der Waals surface area contributed by atoms with Gasteiger partial charge >= 0.3 is 0 Å². The molecule has 0 radical (unpaired) electrons. The largest absolute Gasteiger partial charge is 0.330 e. The van der Waals surface area contributed by atoms with Crippen LogP contribution in [0.5, 0.6) is 0 Å². The minimum absolute atomic E-state index is 0.0540. The van der Waals surface area contributed by atoms with Gasteiger partial charge in [0.2, 0.25) is 0 Å². The smallest absolute Gasteiger partial charge is 0.262 e. The van der Waals surface area contributed by atoms with Crippen LogP contribution in [0.2, 0.25) is 0 Å². The molecule has 0 spiro atoms. The van der Waals surface area contributed by atoms with Crippen LogP contribution in [0.3, 0.4) is 0 Å². The van der Waals surface area contributed by atoms with E-state index >= 15 is 0 Å². The van der Waals surface area contributed by atoms with E-state index < -0.39 is 0 Å². The molecule has 36 heavy (non-hydrogen) atoms. The maximum atomic E-state index is 14.0. The summed E-state index contributed by atoms with van der Waals surface area (Å²) in [4.78, 5) is 24.1. The Kier molecular flexibility index (Phi) is 6.77. The first kappa shape index (κ1) is 24.4. The molecule has 0 aliphatic rings. The van der Waals surface area contributed by atoms with E-state index in [9.17, 15) is 4.79 Å².